The molecule has 4 N–H and O–H groups in total. The van der Waals surface area contributed by atoms with Crippen LogP contribution in [-0.4, -0.2) is 153 Å². The van der Waals surface area contributed by atoms with E-state index < -0.39 is 47.3 Å². The van der Waals surface area contributed by atoms with Gasteiger partial charge in [0.25, 0.3) is 0 Å². The van der Waals surface area contributed by atoms with Crippen LogP contribution < -0.4 is 20.3 Å². The standard InChI is InChI=1S/C57H65ClFN9O8S/c1-8-47(72)66-17-19-67(20-18-66)53-43-24-44(58)48(42-22-39(69)21-38-11-9-10-12-41(38)42)49(59)50(43)63-56(64-53)76-32(2)25-65-26-35(27-65)29-75-30-46(71)62-52(57(5,6)7)55(74)68-28-40(70)23-45(68)54(73)61-33(3)36-13-15-37(16-14-36)51-34(4)60-31-77-51/h8-16,21-22,24,31-33,35,40,45,52,69-70H,1,17-20,23,25-30H2,2-7H3,(H,61,73)(H,62,71)/t32-,33+,40-,45+,52-/m1/s1. The number of carbonyl (C=O) groups is 4. The number of aromatic hydroxyl groups is 1. The van der Waals surface area contributed by atoms with Crippen molar-refractivity contribution in [2.45, 2.75) is 78.3 Å². The maximum Gasteiger partial charge on any atom is 0.319 e. The van der Waals surface area contributed by atoms with E-state index in [9.17, 15) is 29.4 Å². The molecule has 0 unspecified atom stereocenters. The summed E-state index contributed by atoms with van der Waals surface area (Å²) in [4.78, 5) is 75.9. The van der Waals surface area contributed by atoms with Crippen LogP contribution in [0, 0.1) is 24.1 Å². The molecule has 3 aliphatic heterocycles. The number of carbonyl (C=O) groups excluding carboxylic acids is 4. The molecule has 6 aromatic rings. The molecule has 20 heteroatoms. The van der Waals surface area contributed by atoms with E-state index in [1.807, 2.05) is 100 Å². The molecular formula is C57H65ClFN9O8S. The average Bonchev–Trinajstić information content (AvgIpc) is 4.03. The van der Waals surface area contributed by atoms with Crippen LogP contribution in [0.1, 0.15) is 58.3 Å². The maximum absolute atomic E-state index is 17.1. The third kappa shape index (κ3) is 12.2. The lowest BCUT2D eigenvalue weighted by Crippen LogP contribution is -2.58. The van der Waals surface area contributed by atoms with Gasteiger partial charge in [0.05, 0.1) is 39.9 Å². The fourth-order valence-electron chi connectivity index (χ4n) is 10.5. The number of phenolic OH excluding ortho intramolecular Hbond substituents is 1. The summed E-state index contributed by atoms with van der Waals surface area (Å²) >= 11 is 8.49. The SMILES string of the molecule is C=CC(=O)N1CCN(c2nc(O[C@H](C)CN3CC(COCC(=O)N[C@H](C(=O)N4C[C@H](O)C[C@H]4C(=O)N[C@@H](C)c4ccc(-c5scnc5C)cc4)C(C)(C)C)C3)nc3c(F)c(-c4cc(O)cc5ccccc45)c(Cl)cc23)CC1. The first-order valence-corrected chi connectivity index (χ1v) is 27.2. The van der Waals surface area contributed by atoms with Crippen molar-refractivity contribution in [1.82, 2.24) is 40.3 Å². The number of anilines is 1. The summed E-state index contributed by atoms with van der Waals surface area (Å²) in [5.74, 6) is -1.73. The van der Waals surface area contributed by atoms with Crippen molar-refractivity contribution in [1.29, 1.82) is 0 Å². The quantitative estimate of drug-likeness (QED) is 0.0664. The molecule has 4 aromatic carbocycles. The number of amides is 4. The van der Waals surface area contributed by atoms with Crippen molar-refractivity contribution in [3.63, 3.8) is 0 Å². The number of aryl methyl sites for hydroxylation is 1. The molecule has 406 valence electrons. The highest BCUT2D eigenvalue weighted by Crippen LogP contribution is 2.43. The highest BCUT2D eigenvalue weighted by molar-refractivity contribution is 7.13. The van der Waals surface area contributed by atoms with Gasteiger partial charge in [-0.2, -0.15) is 9.97 Å². The van der Waals surface area contributed by atoms with Crippen molar-refractivity contribution in [3.8, 4) is 33.3 Å². The number of aromatic nitrogens is 3. The first-order chi connectivity index (χ1) is 36.8. The highest BCUT2D eigenvalue weighted by atomic mass is 35.5. The van der Waals surface area contributed by atoms with Crippen molar-refractivity contribution in [3.05, 3.63) is 107 Å². The molecule has 4 amide bonds. The number of phenols is 1. The third-order valence-corrected chi connectivity index (χ3v) is 15.8. The number of ether oxygens (including phenoxy) is 2. The number of benzene rings is 4. The van der Waals surface area contributed by atoms with Crippen LogP contribution in [-0.2, 0) is 23.9 Å². The average molecular weight is 1090 g/mol. The molecule has 77 heavy (non-hydrogen) atoms. The van der Waals surface area contributed by atoms with Gasteiger partial charge in [-0.05, 0) is 77.9 Å². The smallest absolute Gasteiger partial charge is 0.319 e. The second-order valence-corrected chi connectivity index (χ2v) is 22.7. The Kier molecular flexibility index (Phi) is 16.5. The summed E-state index contributed by atoms with van der Waals surface area (Å²) in [5, 5.41) is 29.2. The predicted molar refractivity (Wildman–Crippen MR) is 295 cm³/mol. The van der Waals surface area contributed by atoms with Crippen LogP contribution >= 0.6 is 22.9 Å². The molecule has 0 saturated carbocycles. The second-order valence-electron chi connectivity index (χ2n) is 21.4. The van der Waals surface area contributed by atoms with Gasteiger partial charge in [0, 0.05) is 75.6 Å². The van der Waals surface area contributed by atoms with E-state index in [1.54, 1.807) is 28.4 Å². The van der Waals surface area contributed by atoms with Gasteiger partial charge in [-0.25, -0.2) is 9.37 Å². The topological polar surface area (TPSA) is 203 Å². The summed E-state index contributed by atoms with van der Waals surface area (Å²) in [6, 6.07) is 17.6. The van der Waals surface area contributed by atoms with Crippen LogP contribution in [0.25, 0.3) is 43.2 Å². The molecule has 3 aliphatic rings. The zero-order valence-corrected chi connectivity index (χ0v) is 45.7. The molecule has 5 heterocycles. The molecule has 0 aliphatic carbocycles. The first kappa shape index (κ1) is 55.0. The van der Waals surface area contributed by atoms with Crippen LogP contribution in [0.2, 0.25) is 5.02 Å². The number of halogens is 2. The Hall–Kier alpha value is -6.77. The van der Waals surface area contributed by atoms with Gasteiger partial charge < -0.3 is 45.0 Å². The highest BCUT2D eigenvalue weighted by Gasteiger charge is 2.45. The van der Waals surface area contributed by atoms with E-state index in [-0.39, 0.29) is 71.2 Å². The lowest BCUT2D eigenvalue weighted by molar-refractivity contribution is -0.145. The fraction of sp³-hybridized carbons (Fsp3) is 0.421. The number of β-amino-alcohol motifs (C(OH)–C–C–N with tert-alkyl or cyclic N) is 1. The van der Waals surface area contributed by atoms with E-state index in [4.69, 9.17) is 26.1 Å². The monoisotopic (exact) mass is 1090 g/mol. The van der Waals surface area contributed by atoms with Gasteiger partial charge >= 0.3 is 6.01 Å². The maximum atomic E-state index is 17.1. The number of fused-ring (bicyclic) bond motifs is 2. The Morgan fingerprint density at radius 1 is 0.974 bits per heavy atom. The molecule has 2 aromatic heterocycles. The van der Waals surface area contributed by atoms with Crippen LogP contribution in [0.3, 0.4) is 0 Å². The van der Waals surface area contributed by atoms with Crippen molar-refractivity contribution in [2.24, 2.45) is 11.3 Å². The van der Waals surface area contributed by atoms with Crippen LogP contribution in [0.5, 0.6) is 11.8 Å². The summed E-state index contributed by atoms with van der Waals surface area (Å²) in [6.45, 7) is 18.2. The molecule has 3 fully saturated rings. The van der Waals surface area contributed by atoms with Gasteiger partial charge in [0.15, 0.2) is 5.82 Å². The number of hydrogen-bond donors (Lipinski definition) is 4. The van der Waals surface area contributed by atoms with Crippen molar-refractivity contribution < 1.29 is 43.3 Å². The van der Waals surface area contributed by atoms with Gasteiger partial charge in [-0.3, -0.25) is 24.1 Å². The number of piperazine rings is 1. The molecule has 5 atom stereocenters. The molecule has 0 radical (unpaired) electrons. The van der Waals surface area contributed by atoms with Crippen molar-refractivity contribution in [2.75, 3.05) is 70.5 Å². The first-order valence-electron chi connectivity index (χ1n) is 25.9. The third-order valence-electron chi connectivity index (χ3n) is 14.5. The Bertz CT molecular complexity index is 3190. The van der Waals surface area contributed by atoms with E-state index in [2.05, 4.69) is 32.1 Å². The summed E-state index contributed by atoms with van der Waals surface area (Å²) in [5.41, 5.74) is 4.41. The van der Waals surface area contributed by atoms with Gasteiger partial charge in [0.2, 0.25) is 23.6 Å². The van der Waals surface area contributed by atoms with Gasteiger partial charge in [-0.15, -0.1) is 11.3 Å². The Labute approximate surface area is 456 Å². The number of hydrogen-bond acceptors (Lipinski definition) is 14. The molecule has 0 spiro atoms. The Morgan fingerprint density at radius 3 is 2.39 bits per heavy atom. The molecule has 9 rings (SSSR count). The lowest BCUT2D eigenvalue weighted by atomic mass is 9.85. The van der Waals surface area contributed by atoms with Crippen LogP contribution in [0.15, 0.2) is 84.9 Å². The number of thiazole rings is 1. The van der Waals surface area contributed by atoms with Gasteiger partial charge in [0.1, 0.15) is 41.9 Å². The van der Waals surface area contributed by atoms with Crippen LogP contribution in [0.4, 0.5) is 10.2 Å². The number of aliphatic hydroxyl groups is 1. The lowest BCUT2D eigenvalue weighted by Gasteiger charge is -2.40. The Balaban J connectivity index is 0.796. The zero-order chi connectivity index (χ0) is 54.9. The minimum absolute atomic E-state index is 0.00906. The van der Waals surface area contributed by atoms with E-state index in [0.717, 1.165) is 21.7 Å². The Morgan fingerprint density at radius 2 is 1.70 bits per heavy atom. The minimum atomic E-state index is -1.00. The predicted octanol–water partition coefficient (Wildman–Crippen LogP) is 7.30. The minimum Gasteiger partial charge on any atom is -0.508 e. The zero-order valence-electron chi connectivity index (χ0n) is 44.1. The van der Waals surface area contributed by atoms with Gasteiger partial charge in [-0.1, -0.05) is 87.5 Å². The van der Waals surface area contributed by atoms with E-state index >= 15 is 4.39 Å². The molecule has 3 saturated heterocycles. The number of nitrogens with zero attached hydrogens (tertiary/aromatic N) is 7. The normalized spacial score (nSPS) is 18.5. The summed E-state index contributed by atoms with van der Waals surface area (Å²) < 4.78 is 29.4. The number of aliphatic hydroxyl groups excluding tert-OH is 1. The number of rotatable bonds is 17. The molecular weight excluding hydrogens is 1030 g/mol. The molecule has 0 bridgehead atoms. The second kappa shape index (κ2) is 23.1. The van der Waals surface area contributed by atoms with Crippen molar-refractivity contribution >= 4 is 74.1 Å². The summed E-state index contributed by atoms with van der Waals surface area (Å²) in [7, 11) is 0. The fourth-order valence-corrected chi connectivity index (χ4v) is 11.6. The summed E-state index contributed by atoms with van der Waals surface area (Å²) in [6.07, 6.45) is 0.00669. The number of nitrogens with one attached hydrogen (secondary N) is 2. The molecule has 17 nitrogen and oxygen atoms in total. The largest absolute Gasteiger partial charge is 0.508 e. The van der Waals surface area contributed by atoms with E-state index in [0.29, 0.717) is 80.0 Å². The van der Waals surface area contributed by atoms with E-state index in [1.165, 1.54) is 17.0 Å². The number of likely N-dealkylation sites (tertiary alicyclic amines) is 2.